The summed E-state index contributed by atoms with van der Waals surface area (Å²) in [5.74, 6) is 1.10. The van der Waals surface area contributed by atoms with E-state index in [9.17, 15) is 9.18 Å². The summed E-state index contributed by atoms with van der Waals surface area (Å²) in [6.45, 7) is 0. The van der Waals surface area contributed by atoms with E-state index in [1.54, 1.807) is 36.4 Å². The average molecular weight is 433 g/mol. The van der Waals surface area contributed by atoms with E-state index in [1.807, 2.05) is 0 Å². The number of nitrogens with one attached hydrogen (secondary N) is 1. The van der Waals surface area contributed by atoms with Crippen molar-refractivity contribution in [3.8, 4) is 11.3 Å². The lowest BCUT2D eigenvalue weighted by Gasteiger charge is -2.02. The average Bonchev–Trinajstić information content (AvgIpc) is 3.26. The van der Waals surface area contributed by atoms with Gasteiger partial charge in [0.15, 0.2) is 0 Å². The minimum Gasteiger partial charge on any atom is -0.457 e. The Morgan fingerprint density at radius 3 is 2.64 bits per heavy atom. The first-order chi connectivity index (χ1) is 13.5. The number of carbonyl (C=O) groups excluding carboxylic acids is 1. The predicted molar refractivity (Wildman–Crippen MR) is 112 cm³/mol. The van der Waals surface area contributed by atoms with Crippen molar-refractivity contribution in [2.24, 2.45) is 4.99 Å². The molecule has 4 rings (SSSR count). The molecular weight excluding hydrogens is 422 g/mol. The second kappa shape index (κ2) is 7.83. The molecule has 1 N–H and O–H groups in total. The highest BCUT2D eigenvalue weighted by molar-refractivity contribution is 8.18. The van der Waals surface area contributed by atoms with Crippen molar-refractivity contribution in [2.75, 3.05) is 0 Å². The van der Waals surface area contributed by atoms with Crippen LogP contribution in [0.15, 0.2) is 68.9 Å². The van der Waals surface area contributed by atoms with Gasteiger partial charge in [-0.2, -0.15) is 0 Å². The van der Waals surface area contributed by atoms with E-state index in [0.717, 1.165) is 11.8 Å². The lowest BCUT2D eigenvalue weighted by atomic mass is 10.2. The molecule has 1 saturated heterocycles. The van der Waals surface area contributed by atoms with Crippen molar-refractivity contribution in [1.29, 1.82) is 0 Å². The summed E-state index contributed by atoms with van der Waals surface area (Å²) in [4.78, 5) is 16.8. The molecule has 8 heteroatoms. The van der Waals surface area contributed by atoms with Crippen LogP contribution in [0.1, 0.15) is 5.76 Å². The Labute approximate surface area is 174 Å². The van der Waals surface area contributed by atoms with Crippen LogP contribution in [0, 0.1) is 5.82 Å². The summed E-state index contributed by atoms with van der Waals surface area (Å²) in [6.07, 6.45) is 1.70. The van der Waals surface area contributed by atoms with Crippen molar-refractivity contribution in [2.45, 2.75) is 0 Å². The van der Waals surface area contributed by atoms with Crippen molar-refractivity contribution in [3.05, 3.63) is 81.1 Å². The number of hydrogen-bond acceptors (Lipinski definition) is 4. The van der Waals surface area contributed by atoms with Gasteiger partial charge in [0, 0.05) is 5.56 Å². The normalized spacial score (nSPS) is 16.8. The Hall–Kier alpha value is -2.54. The third kappa shape index (κ3) is 3.99. The fourth-order valence-corrected chi connectivity index (χ4v) is 3.67. The molecule has 2 heterocycles. The van der Waals surface area contributed by atoms with E-state index in [4.69, 9.17) is 27.6 Å². The second-order valence-corrected chi connectivity index (χ2v) is 7.56. The number of rotatable bonds is 3. The van der Waals surface area contributed by atoms with Crippen LogP contribution >= 0.6 is 35.0 Å². The zero-order valence-electron chi connectivity index (χ0n) is 14.1. The molecule has 3 aromatic rings. The molecule has 28 heavy (non-hydrogen) atoms. The van der Waals surface area contributed by atoms with Gasteiger partial charge >= 0.3 is 0 Å². The number of nitrogens with zero attached hydrogens (tertiary/aromatic N) is 1. The Kier molecular flexibility index (Phi) is 5.26. The van der Waals surface area contributed by atoms with Gasteiger partial charge in [0.05, 0.1) is 20.6 Å². The molecule has 1 aliphatic rings. The maximum Gasteiger partial charge on any atom is 0.289 e. The molecule has 0 atom stereocenters. The Balaban J connectivity index is 1.66. The maximum absolute atomic E-state index is 13.1. The summed E-state index contributed by atoms with van der Waals surface area (Å²) in [6, 6.07) is 14.5. The Morgan fingerprint density at radius 1 is 1.07 bits per heavy atom. The van der Waals surface area contributed by atoms with E-state index in [1.165, 1.54) is 24.3 Å². The molecule has 0 bridgehead atoms. The first kappa shape index (κ1) is 18.8. The minimum atomic E-state index is -0.354. The van der Waals surface area contributed by atoms with Crippen LogP contribution in [0.4, 0.5) is 14.9 Å². The topological polar surface area (TPSA) is 54.6 Å². The summed E-state index contributed by atoms with van der Waals surface area (Å²) in [5, 5.41) is 3.26. The van der Waals surface area contributed by atoms with Gasteiger partial charge in [0.2, 0.25) is 0 Å². The molecule has 0 saturated carbocycles. The van der Waals surface area contributed by atoms with Crippen LogP contribution in [-0.4, -0.2) is 11.1 Å². The number of amidine groups is 1. The van der Waals surface area contributed by atoms with Crippen LogP contribution in [0.25, 0.3) is 17.4 Å². The zero-order valence-corrected chi connectivity index (χ0v) is 16.4. The lowest BCUT2D eigenvalue weighted by molar-refractivity contribution is 0.265. The van der Waals surface area contributed by atoms with Crippen LogP contribution in [-0.2, 0) is 0 Å². The summed E-state index contributed by atoms with van der Waals surface area (Å²) < 4.78 is 18.9. The highest BCUT2D eigenvalue weighted by Crippen LogP contribution is 2.35. The number of carbonyl (C=O) groups is 1. The number of amides is 1. The number of halogens is 3. The van der Waals surface area contributed by atoms with E-state index in [0.29, 0.717) is 43.6 Å². The fraction of sp³-hybridized carbons (Fsp3) is 0. The molecule has 0 aliphatic carbocycles. The molecule has 1 amide bonds. The number of benzene rings is 2. The highest BCUT2D eigenvalue weighted by atomic mass is 35.5. The standard InChI is InChI=1S/C20H11Cl2FN2O2S/c21-15-3-1-2-14(18(15)22)16-9-8-13(27-16)10-17-19(25-20(26)28-17)24-12-6-4-11(23)5-7-12/h1-10H,(H,24,25,26). The van der Waals surface area contributed by atoms with Crippen molar-refractivity contribution in [3.63, 3.8) is 0 Å². The molecule has 2 aromatic carbocycles. The monoisotopic (exact) mass is 432 g/mol. The van der Waals surface area contributed by atoms with Crippen LogP contribution in [0.5, 0.6) is 0 Å². The smallest absolute Gasteiger partial charge is 0.289 e. The Morgan fingerprint density at radius 2 is 1.86 bits per heavy atom. The molecule has 4 nitrogen and oxygen atoms in total. The summed E-state index contributed by atoms with van der Waals surface area (Å²) in [5.41, 5.74) is 1.20. The van der Waals surface area contributed by atoms with Crippen LogP contribution in [0.3, 0.4) is 0 Å². The van der Waals surface area contributed by atoms with Gasteiger partial charge in [-0.3, -0.25) is 4.79 Å². The first-order valence-electron chi connectivity index (χ1n) is 8.09. The number of aliphatic imine (C=N–C) groups is 1. The van der Waals surface area contributed by atoms with Crippen LogP contribution in [0.2, 0.25) is 10.0 Å². The molecule has 1 fully saturated rings. The zero-order chi connectivity index (χ0) is 19.7. The predicted octanol–water partition coefficient (Wildman–Crippen LogP) is 6.92. The van der Waals surface area contributed by atoms with Gasteiger partial charge in [0.1, 0.15) is 23.2 Å². The van der Waals surface area contributed by atoms with Crippen molar-refractivity contribution >= 4 is 57.8 Å². The second-order valence-electron chi connectivity index (χ2n) is 5.76. The van der Waals surface area contributed by atoms with Crippen molar-refractivity contribution in [1.82, 2.24) is 5.32 Å². The lowest BCUT2D eigenvalue weighted by Crippen LogP contribution is -2.18. The van der Waals surface area contributed by atoms with E-state index in [2.05, 4.69) is 10.3 Å². The Bertz CT molecular complexity index is 1120. The van der Waals surface area contributed by atoms with E-state index >= 15 is 0 Å². The van der Waals surface area contributed by atoms with Gasteiger partial charge in [0.25, 0.3) is 5.24 Å². The molecule has 1 aliphatic heterocycles. The molecular formula is C20H11Cl2FN2O2S. The third-order valence-electron chi connectivity index (χ3n) is 3.84. The van der Waals surface area contributed by atoms with Gasteiger partial charge in [-0.25, -0.2) is 9.38 Å². The summed E-state index contributed by atoms with van der Waals surface area (Å²) >= 11 is 13.3. The summed E-state index contributed by atoms with van der Waals surface area (Å²) in [7, 11) is 0. The van der Waals surface area contributed by atoms with E-state index in [-0.39, 0.29) is 11.1 Å². The van der Waals surface area contributed by atoms with E-state index < -0.39 is 0 Å². The maximum atomic E-state index is 13.1. The quantitative estimate of drug-likeness (QED) is 0.488. The first-order valence-corrected chi connectivity index (χ1v) is 9.66. The third-order valence-corrected chi connectivity index (χ3v) is 5.48. The van der Waals surface area contributed by atoms with Gasteiger partial charge in [-0.1, -0.05) is 29.3 Å². The number of hydrogen-bond donors (Lipinski definition) is 1. The molecule has 1 aromatic heterocycles. The molecule has 0 radical (unpaired) electrons. The van der Waals surface area contributed by atoms with Crippen LogP contribution < -0.4 is 5.32 Å². The molecule has 140 valence electrons. The van der Waals surface area contributed by atoms with Gasteiger partial charge in [-0.15, -0.1) is 0 Å². The SMILES string of the molecule is O=C1NC(=Nc2ccc(F)cc2)C(=Cc2ccc(-c3cccc(Cl)c3Cl)o2)S1. The highest BCUT2D eigenvalue weighted by Gasteiger charge is 2.24. The number of thioether (sulfide) groups is 1. The largest absolute Gasteiger partial charge is 0.457 e. The molecule has 0 spiro atoms. The fourth-order valence-electron chi connectivity index (χ4n) is 2.56. The van der Waals surface area contributed by atoms with Crippen molar-refractivity contribution < 1.29 is 13.6 Å². The molecule has 0 unspecified atom stereocenters. The van der Waals surface area contributed by atoms with Gasteiger partial charge in [-0.05, 0) is 66.4 Å². The van der Waals surface area contributed by atoms with Gasteiger partial charge < -0.3 is 9.73 Å². The minimum absolute atomic E-state index is 0.253. The number of furan rings is 1.